The van der Waals surface area contributed by atoms with Crippen LogP contribution >= 0.6 is 11.6 Å². The third-order valence-electron chi connectivity index (χ3n) is 5.34. The summed E-state index contributed by atoms with van der Waals surface area (Å²) in [4.78, 5) is 48.0. The second kappa shape index (κ2) is 11.7. The number of rotatable bonds is 11. The van der Waals surface area contributed by atoms with Crippen molar-refractivity contribution < 1.29 is 14.4 Å². The van der Waals surface area contributed by atoms with E-state index < -0.39 is 0 Å². The molecule has 10 nitrogen and oxygen atoms in total. The summed E-state index contributed by atoms with van der Waals surface area (Å²) in [6, 6.07) is 8.71. The average Bonchev–Trinajstić information content (AvgIpc) is 3.41. The van der Waals surface area contributed by atoms with Crippen LogP contribution in [0.4, 0.5) is 11.6 Å². The zero-order chi connectivity index (χ0) is 25.5. The molecule has 186 valence electrons. The average molecular weight is 500 g/mol. The van der Waals surface area contributed by atoms with E-state index in [0.29, 0.717) is 48.3 Å². The number of halogens is 1. The van der Waals surface area contributed by atoms with Crippen LogP contribution in [0.1, 0.15) is 42.7 Å². The van der Waals surface area contributed by atoms with Gasteiger partial charge in [0.2, 0.25) is 12.3 Å². The number of imidazole rings is 1. The summed E-state index contributed by atoms with van der Waals surface area (Å²) >= 11 is 5.90. The van der Waals surface area contributed by atoms with Crippen molar-refractivity contribution in [2.75, 3.05) is 30.4 Å². The van der Waals surface area contributed by atoms with Gasteiger partial charge in [-0.25, -0.2) is 4.98 Å². The molecule has 0 aliphatic carbocycles. The summed E-state index contributed by atoms with van der Waals surface area (Å²) in [6.07, 6.45) is 2.34. The highest BCUT2D eigenvalue weighted by Crippen LogP contribution is 2.26. The maximum Gasteiger partial charge on any atom is 0.273 e. The molecule has 3 aromatic rings. The van der Waals surface area contributed by atoms with Gasteiger partial charge in [0.05, 0.1) is 6.42 Å². The summed E-state index contributed by atoms with van der Waals surface area (Å²) in [6.45, 7) is 4.91. The van der Waals surface area contributed by atoms with Gasteiger partial charge in [-0.1, -0.05) is 37.6 Å². The van der Waals surface area contributed by atoms with Crippen LogP contribution in [0.15, 0.2) is 30.3 Å². The number of hydrogen-bond acceptors (Lipinski definition) is 5. The summed E-state index contributed by atoms with van der Waals surface area (Å²) in [5.74, 6) is 0.478. The Kier molecular flexibility index (Phi) is 8.64. The van der Waals surface area contributed by atoms with Gasteiger partial charge in [-0.3, -0.25) is 24.0 Å². The van der Waals surface area contributed by atoms with E-state index in [1.165, 1.54) is 4.90 Å². The smallest absolute Gasteiger partial charge is 0.273 e. The van der Waals surface area contributed by atoms with Crippen molar-refractivity contribution in [3.05, 3.63) is 46.6 Å². The fourth-order valence-corrected chi connectivity index (χ4v) is 3.77. The van der Waals surface area contributed by atoms with Crippen molar-refractivity contribution in [2.45, 2.75) is 33.1 Å². The summed E-state index contributed by atoms with van der Waals surface area (Å²) < 4.78 is 1.55. The minimum atomic E-state index is -0.262. The van der Waals surface area contributed by atoms with E-state index in [1.807, 2.05) is 13.8 Å². The quantitative estimate of drug-likeness (QED) is 0.392. The first-order valence-electron chi connectivity index (χ1n) is 11.4. The van der Waals surface area contributed by atoms with Gasteiger partial charge in [0, 0.05) is 38.3 Å². The molecule has 0 bridgehead atoms. The Morgan fingerprint density at radius 3 is 2.49 bits per heavy atom. The highest BCUT2D eigenvalue weighted by molar-refractivity contribution is 6.30. The number of hydrogen-bond donors (Lipinski definition) is 2. The molecule has 1 aromatic carbocycles. The molecule has 0 radical (unpaired) electrons. The van der Waals surface area contributed by atoms with Gasteiger partial charge < -0.3 is 15.2 Å². The molecule has 0 fully saturated rings. The largest absolute Gasteiger partial charge is 0.340 e. The fourth-order valence-electron chi connectivity index (χ4n) is 3.64. The Hall–Kier alpha value is -3.66. The molecular formula is C24H30ClN7O3. The van der Waals surface area contributed by atoms with Crippen molar-refractivity contribution >= 4 is 41.5 Å². The number of aromatic amines is 1. The fraction of sp³-hybridized carbons (Fsp3) is 0.375. The molecule has 3 rings (SSSR count). The Morgan fingerprint density at radius 2 is 1.86 bits per heavy atom. The molecular weight excluding hydrogens is 470 g/mol. The number of carbonyl (C=O) groups is 3. The number of nitrogens with one attached hydrogen (secondary N) is 2. The van der Waals surface area contributed by atoms with E-state index in [9.17, 15) is 14.4 Å². The number of anilines is 2. The zero-order valence-corrected chi connectivity index (χ0v) is 21.1. The van der Waals surface area contributed by atoms with Gasteiger partial charge in [-0.2, -0.15) is 5.10 Å². The van der Waals surface area contributed by atoms with Crippen LogP contribution in [-0.2, 0) is 23.1 Å². The van der Waals surface area contributed by atoms with Crippen LogP contribution < -0.4 is 10.2 Å². The monoisotopic (exact) mass is 499 g/mol. The molecule has 3 amide bonds. The van der Waals surface area contributed by atoms with Gasteiger partial charge in [0.25, 0.3) is 5.91 Å². The van der Waals surface area contributed by atoms with E-state index in [1.54, 1.807) is 54.0 Å². The third kappa shape index (κ3) is 6.27. The molecule has 0 aliphatic heterocycles. The lowest BCUT2D eigenvalue weighted by molar-refractivity contribution is -0.115. The molecule has 2 aromatic heterocycles. The Bertz CT molecular complexity index is 1190. The van der Waals surface area contributed by atoms with Crippen molar-refractivity contribution in [1.29, 1.82) is 0 Å². The summed E-state index contributed by atoms with van der Waals surface area (Å²) in [5, 5.41) is 7.74. The predicted molar refractivity (Wildman–Crippen MR) is 136 cm³/mol. The number of aromatic nitrogens is 4. The third-order valence-corrected chi connectivity index (χ3v) is 5.59. The first-order chi connectivity index (χ1) is 16.8. The van der Waals surface area contributed by atoms with Crippen molar-refractivity contribution in [2.24, 2.45) is 7.05 Å². The number of aryl methyl sites for hydroxylation is 1. The van der Waals surface area contributed by atoms with Gasteiger partial charge in [-0.05, 0) is 30.5 Å². The number of amides is 3. The molecule has 0 aliphatic rings. The van der Waals surface area contributed by atoms with Crippen LogP contribution in [0.3, 0.4) is 0 Å². The lowest BCUT2D eigenvalue weighted by Gasteiger charge is -2.19. The predicted octanol–water partition coefficient (Wildman–Crippen LogP) is 3.50. The van der Waals surface area contributed by atoms with Gasteiger partial charge in [0.15, 0.2) is 17.5 Å². The molecule has 35 heavy (non-hydrogen) atoms. The van der Waals surface area contributed by atoms with Crippen LogP contribution in [0, 0.1) is 0 Å². The molecule has 0 saturated carbocycles. The number of H-pyrrole nitrogens is 1. The Labute approximate surface area is 209 Å². The molecule has 2 heterocycles. The van der Waals surface area contributed by atoms with Crippen molar-refractivity contribution in [3.8, 4) is 11.5 Å². The molecule has 2 N–H and O–H groups in total. The normalized spacial score (nSPS) is 10.8. The minimum absolute atomic E-state index is 0.168. The molecule has 0 atom stereocenters. The lowest BCUT2D eigenvalue weighted by Crippen LogP contribution is -2.31. The maximum absolute atomic E-state index is 13.1. The van der Waals surface area contributed by atoms with E-state index in [-0.39, 0.29) is 29.7 Å². The second-order valence-electron chi connectivity index (χ2n) is 8.20. The molecule has 11 heteroatoms. The number of benzene rings is 1. The standard InChI is InChI=1S/C24H30ClN7O3/c1-5-11-30(3)24(35)21-23(32(15-33)12-6-2)28-22(27-21)18-14-19(29-31(18)4)26-20(34)13-16-7-9-17(25)10-8-16/h7-10,14-15H,5-6,11-13H2,1-4H3,(H,27,28)(H,26,29,34). The van der Waals surface area contributed by atoms with E-state index in [4.69, 9.17) is 11.6 Å². The topological polar surface area (TPSA) is 116 Å². The van der Waals surface area contributed by atoms with E-state index in [0.717, 1.165) is 12.0 Å². The Morgan fingerprint density at radius 1 is 1.17 bits per heavy atom. The van der Waals surface area contributed by atoms with Gasteiger partial charge in [-0.15, -0.1) is 0 Å². The van der Waals surface area contributed by atoms with Crippen molar-refractivity contribution in [3.63, 3.8) is 0 Å². The summed E-state index contributed by atoms with van der Waals surface area (Å²) in [7, 11) is 3.42. The Balaban J connectivity index is 1.88. The number of carbonyl (C=O) groups excluding carboxylic acids is 3. The van der Waals surface area contributed by atoms with Crippen LogP contribution in [0.5, 0.6) is 0 Å². The first-order valence-corrected chi connectivity index (χ1v) is 11.8. The highest BCUT2D eigenvalue weighted by Gasteiger charge is 2.26. The van der Waals surface area contributed by atoms with Crippen molar-refractivity contribution in [1.82, 2.24) is 24.6 Å². The molecule has 0 spiro atoms. The minimum Gasteiger partial charge on any atom is -0.340 e. The van der Waals surface area contributed by atoms with E-state index >= 15 is 0 Å². The van der Waals surface area contributed by atoms with Crippen LogP contribution in [-0.4, -0.2) is 63.0 Å². The highest BCUT2D eigenvalue weighted by atomic mass is 35.5. The van der Waals surface area contributed by atoms with Gasteiger partial charge >= 0.3 is 0 Å². The summed E-state index contributed by atoms with van der Waals surface area (Å²) in [5.41, 5.74) is 1.60. The molecule has 0 saturated heterocycles. The second-order valence-corrected chi connectivity index (χ2v) is 8.64. The van der Waals surface area contributed by atoms with Crippen LogP contribution in [0.2, 0.25) is 5.02 Å². The van der Waals surface area contributed by atoms with Gasteiger partial charge in [0.1, 0.15) is 11.4 Å². The maximum atomic E-state index is 13.1. The SMILES string of the molecule is CCCN(C)C(=O)c1[nH]c(-c2cc(NC(=O)Cc3ccc(Cl)cc3)nn2C)nc1N(C=O)CCC. The zero-order valence-electron chi connectivity index (χ0n) is 20.3. The lowest BCUT2D eigenvalue weighted by atomic mass is 10.1. The first kappa shape index (κ1) is 26.0. The van der Waals surface area contributed by atoms with E-state index in [2.05, 4.69) is 20.4 Å². The number of nitrogens with zero attached hydrogens (tertiary/aromatic N) is 5. The molecule has 0 unspecified atom stereocenters. The van der Waals surface area contributed by atoms with Crippen LogP contribution in [0.25, 0.3) is 11.5 Å².